The summed E-state index contributed by atoms with van der Waals surface area (Å²) < 4.78 is 28.6. The fourth-order valence-corrected chi connectivity index (χ4v) is 4.74. The first-order valence-corrected chi connectivity index (χ1v) is 12.5. The zero-order chi connectivity index (χ0) is 24.0. The summed E-state index contributed by atoms with van der Waals surface area (Å²) >= 11 is 0. The molecule has 0 aliphatic rings. The minimum absolute atomic E-state index is 0.144. The van der Waals surface area contributed by atoms with Crippen molar-refractivity contribution in [3.05, 3.63) is 131 Å². The number of hydrogen-bond acceptors (Lipinski definition) is 3. The van der Waals surface area contributed by atoms with Gasteiger partial charge in [-0.25, -0.2) is 8.42 Å². The molecule has 4 aromatic rings. The quantitative estimate of drug-likeness (QED) is 0.362. The van der Waals surface area contributed by atoms with Gasteiger partial charge < -0.3 is 4.90 Å². The fraction of sp³-hybridized carbons (Fsp3) is 0.107. The molecule has 0 unspecified atom stereocenters. The zero-order valence-corrected chi connectivity index (χ0v) is 19.7. The number of sulfonamides is 1. The van der Waals surface area contributed by atoms with Crippen LogP contribution in [0, 0.1) is 6.92 Å². The number of carbonyl (C=O) groups is 1. The maximum absolute atomic E-state index is 13.7. The van der Waals surface area contributed by atoms with Gasteiger partial charge in [0, 0.05) is 13.1 Å². The largest absolute Gasteiger partial charge is 0.330 e. The normalized spacial score (nSPS) is 11.1. The van der Waals surface area contributed by atoms with E-state index < -0.39 is 10.0 Å². The monoisotopic (exact) mass is 470 g/mol. The number of rotatable bonds is 8. The van der Waals surface area contributed by atoms with Crippen LogP contribution in [0.15, 0.2) is 114 Å². The molecule has 4 rings (SSSR count). The van der Waals surface area contributed by atoms with Crippen molar-refractivity contribution in [2.45, 2.75) is 24.9 Å². The molecule has 4 aromatic carbocycles. The van der Waals surface area contributed by atoms with E-state index in [9.17, 15) is 13.2 Å². The van der Waals surface area contributed by atoms with Crippen molar-refractivity contribution in [1.82, 2.24) is 4.90 Å². The van der Waals surface area contributed by atoms with E-state index in [2.05, 4.69) is 4.72 Å². The predicted octanol–water partition coefficient (Wildman–Crippen LogP) is 5.64. The number of benzene rings is 4. The molecule has 5 nitrogen and oxygen atoms in total. The molecule has 0 aliphatic heterocycles. The number of anilines is 1. The summed E-state index contributed by atoms with van der Waals surface area (Å²) in [7, 11) is -3.85. The van der Waals surface area contributed by atoms with Crippen molar-refractivity contribution in [3.8, 4) is 0 Å². The number of carbonyl (C=O) groups excluding carboxylic acids is 1. The molecule has 0 spiro atoms. The van der Waals surface area contributed by atoms with E-state index in [0.29, 0.717) is 18.7 Å². The van der Waals surface area contributed by atoms with Gasteiger partial charge in [-0.2, -0.15) is 0 Å². The number of amides is 1. The van der Waals surface area contributed by atoms with Crippen molar-refractivity contribution in [3.63, 3.8) is 0 Å². The first-order valence-electron chi connectivity index (χ1n) is 11.0. The zero-order valence-electron chi connectivity index (χ0n) is 18.9. The summed E-state index contributed by atoms with van der Waals surface area (Å²) in [5.41, 5.74) is 3.49. The predicted molar refractivity (Wildman–Crippen MR) is 135 cm³/mol. The highest BCUT2D eigenvalue weighted by Crippen LogP contribution is 2.23. The molecule has 0 saturated carbocycles. The summed E-state index contributed by atoms with van der Waals surface area (Å²) in [5.74, 6) is -0.255. The molecule has 1 N–H and O–H groups in total. The molecule has 0 bridgehead atoms. The molecule has 0 fully saturated rings. The molecular formula is C28H26N2O3S. The highest BCUT2D eigenvalue weighted by molar-refractivity contribution is 7.92. The maximum Gasteiger partial charge on any atom is 0.261 e. The van der Waals surface area contributed by atoms with Crippen LogP contribution in [0.4, 0.5) is 5.69 Å². The third-order valence-electron chi connectivity index (χ3n) is 5.45. The first kappa shape index (κ1) is 23.3. The van der Waals surface area contributed by atoms with Crippen molar-refractivity contribution in [2.75, 3.05) is 4.72 Å². The van der Waals surface area contributed by atoms with Gasteiger partial charge in [-0.05, 0) is 42.3 Å². The molecule has 1 amide bonds. The Morgan fingerprint density at radius 2 is 1.21 bits per heavy atom. The summed E-state index contributed by atoms with van der Waals surface area (Å²) in [5, 5.41) is 0. The van der Waals surface area contributed by atoms with Crippen molar-refractivity contribution >= 4 is 21.6 Å². The Hall–Kier alpha value is -3.90. The highest BCUT2D eigenvalue weighted by atomic mass is 32.2. The van der Waals surface area contributed by atoms with Crippen LogP contribution in [0.25, 0.3) is 0 Å². The van der Waals surface area contributed by atoms with Gasteiger partial charge in [-0.3, -0.25) is 9.52 Å². The number of hydrogen-bond donors (Lipinski definition) is 1. The third-order valence-corrected chi connectivity index (χ3v) is 6.83. The average molecular weight is 471 g/mol. The van der Waals surface area contributed by atoms with Gasteiger partial charge in [0.2, 0.25) is 0 Å². The standard InChI is InChI=1S/C28H26N2O3S/c1-22-16-18-25(19-17-22)34(32,33)29-27-15-9-8-14-26(27)28(31)30(20-23-10-4-2-5-11-23)21-24-12-6-3-7-13-24/h2-19,29H,20-21H2,1H3. The lowest BCUT2D eigenvalue weighted by atomic mass is 10.1. The lowest BCUT2D eigenvalue weighted by Crippen LogP contribution is -2.31. The van der Waals surface area contributed by atoms with Crippen molar-refractivity contribution < 1.29 is 13.2 Å². The van der Waals surface area contributed by atoms with Crippen molar-refractivity contribution in [1.29, 1.82) is 0 Å². The average Bonchev–Trinajstić information content (AvgIpc) is 2.85. The van der Waals surface area contributed by atoms with Crippen LogP contribution in [-0.2, 0) is 23.1 Å². The highest BCUT2D eigenvalue weighted by Gasteiger charge is 2.22. The summed E-state index contributed by atoms with van der Waals surface area (Å²) in [6.07, 6.45) is 0. The van der Waals surface area contributed by atoms with Crippen LogP contribution < -0.4 is 4.72 Å². The minimum atomic E-state index is -3.85. The molecule has 0 saturated heterocycles. The number of nitrogens with one attached hydrogen (secondary N) is 1. The van der Waals surface area contributed by atoms with E-state index in [1.54, 1.807) is 53.4 Å². The Balaban J connectivity index is 1.66. The number of nitrogens with zero attached hydrogens (tertiary/aromatic N) is 1. The van der Waals surface area contributed by atoms with Gasteiger partial charge in [-0.1, -0.05) is 90.5 Å². The van der Waals surface area contributed by atoms with E-state index in [1.165, 1.54) is 0 Å². The first-order chi connectivity index (χ1) is 16.4. The Morgan fingerprint density at radius 1 is 0.706 bits per heavy atom. The molecule has 0 aromatic heterocycles. The molecule has 172 valence electrons. The van der Waals surface area contributed by atoms with E-state index in [0.717, 1.165) is 16.7 Å². The third kappa shape index (κ3) is 5.71. The Kier molecular flexibility index (Phi) is 7.09. The molecule has 0 radical (unpaired) electrons. The summed E-state index contributed by atoms with van der Waals surface area (Å²) in [4.78, 5) is 15.6. The molecule has 34 heavy (non-hydrogen) atoms. The second-order valence-electron chi connectivity index (χ2n) is 8.10. The summed E-state index contributed by atoms with van der Waals surface area (Å²) in [6.45, 7) is 2.69. The Labute approximate surface area is 200 Å². The SMILES string of the molecule is Cc1ccc(S(=O)(=O)Nc2ccccc2C(=O)N(Cc2ccccc2)Cc2ccccc2)cc1. The number of para-hydroxylation sites is 1. The van der Waals surface area contributed by atoms with Crippen LogP contribution in [-0.4, -0.2) is 19.2 Å². The lowest BCUT2D eigenvalue weighted by Gasteiger charge is -2.24. The van der Waals surface area contributed by atoms with Crippen LogP contribution >= 0.6 is 0 Å². The second kappa shape index (κ2) is 10.4. The van der Waals surface area contributed by atoms with E-state index in [4.69, 9.17) is 0 Å². The van der Waals surface area contributed by atoms with Gasteiger partial charge in [-0.15, -0.1) is 0 Å². The van der Waals surface area contributed by atoms with E-state index >= 15 is 0 Å². The van der Waals surface area contributed by atoms with Gasteiger partial charge in [0.05, 0.1) is 16.1 Å². The molecule has 0 heterocycles. The van der Waals surface area contributed by atoms with Crippen LogP contribution in [0.2, 0.25) is 0 Å². The maximum atomic E-state index is 13.7. The van der Waals surface area contributed by atoms with E-state index in [1.807, 2.05) is 67.6 Å². The summed E-state index contributed by atoms with van der Waals surface area (Å²) in [6, 6.07) is 32.8. The van der Waals surface area contributed by atoms with Crippen molar-refractivity contribution in [2.24, 2.45) is 0 Å². The van der Waals surface area contributed by atoms with E-state index in [-0.39, 0.29) is 16.5 Å². The molecule has 6 heteroatoms. The molecule has 0 atom stereocenters. The topological polar surface area (TPSA) is 66.5 Å². The second-order valence-corrected chi connectivity index (χ2v) is 9.78. The minimum Gasteiger partial charge on any atom is -0.330 e. The Bertz CT molecular complexity index is 1310. The fourth-order valence-electron chi connectivity index (χ4n) is 3.66. The van der Waals surface area contributed by atoms with Gasteiger partial charge in [0.25, 0.3) is 15.9 Å². The smallest absolute Gasteiger partial charge is 0.261 e. The van der Waals surface area contributed by atoms with Crippen LogP contribution in [0.3, 0.4) is 0 Å². The lowest BCUT2D eigenvalue weighted by molar-refractivity contribution is 0.0731. The van der Waals surface area contributed by atoms with Crippen LogP contribution in [0.1, 0.15) is 27.0 Å². The molecule has 0 aliphatic carbocycles. The van der Waals surface area contributed by atoms with Gasteiger partial charge in [0.15, 0.2) is 0 Å². The van der Waals surface area contributed by atoms with Crippen LogP contribution in [0.5, 0.6) is 0 Å². The van der Waals surface area contributed by atoms with Gasteiger partial charge in [0.1, 0.15) is 0 Å². The number of aryl methyl sites for hydroxylation is 1. The van der Waals surface area contributed by atoms with Gasteiger partial charge >= 0.3 is 0 Å². The Morgan fingerprint density at radius 3 is 1.76 bits per heavy atom. The molecular weight excluding hydrogens is 444 g/mol.